The second-order valence-corrected chi connectivity index (χ2v) is 9.50. The van der Waals surface area contributed by atoms with Crippen molar-refractivity contribution in [3.8, 4) is 0 Å². The van der Waals surface area contributed by atoms with Crippen molar-refractivity contribution >= 4 is 34.4 Å². The highest BCUT2D eigenvalue weighted by atomic mass is 16.2. The maximum absolute atomic E-state index is 13.7. The summed E-state index contributed by atoms with van der Waals surface area (Å²) in [6.07, 6.45) is 3.73. The number of imide groups is 1. The lowest BCUT2D eigenvalue weighted by atomic mass is 9.99. The third-order valence-electron chi connectivity index (χ3n) is 7.09. The van der Waals surface area contributed by atoms with Crippen LogP contribution in [0.15, 0.2) is 72.4 Å². The minimum absolute atomic E-state index is 0.306. The van der Waals surface area contributed by atoms with Crippen LogP contribution in [0.3, 0.4) is 0 Å². The number of aryl methyl sites for hydroxylation is 3. The Kier molecular flexibility index (Phi) is 6.16. The molecule has 5 heteroatoms. The van der Waals surface area contributed by atoms with Crippen LogP contribution in [0.4, 0.5) is 17.1 Å². The monoisotopic (exact) mass is 465 g/mol. The largest absolute Gasteiger partial charge is 0.372 e. The van der Waals surface area contributed by atoms with E-state index in [1.54, 1.807) is 0 Å². The SMILES string of the molecule is Cc1ccc(C2=C(Nc3ccc(N4CCCCC4)cc3)C(=O)N(c3ccccc3C)C2=O)cc1C. The summed E-state index contributed by atoms with van der Waals surface area (Å²) in [5.41, 5.74) is 7.15. The molecule has 1 saturated heterocycles. The highest BCUT2D eigenvalue weighted by Gasteiger charge is 2.40. The van der Waals surface area contributed by atoms with Crippen LogP contribution in [0.1, 0.15) is 41.5 Å². The number of para-hydroxylation sites is 1. The van der Waals surface area contributed by atoms with Crippen LogP contribution in [-0.4, -0.2) is 24.9 Å². The van der Waals surface area contributed by atoms with Crippen molar-refractivity contribution in [1.82, 2.24) is 0 Å². The van der Waals surface area contributed by atoms with E-state index in [0.29, 0.717) is 17.0 Å². The Morgan fingerprint density at radius 2 is 1.43 bits per heavy atom. The van der Waals surface area contributed by atoms with Gasteiger partial charge in [-0.25, -0.2) is 4.90 Å². The number of rotatable bonds is 5. The number of piperidine rings is 1. The molecule has 2 amide bonds. The van der Waals surface area contributed by atoms with Gasteiger partial charge in [-0.1, -0.05) is 36.4 Å². The van der Waals surface area contributed by atoms with Crippen molar-refractivity contribution < 1.29 is 9.59 Å². The number of benzene rings is 3. The molecule has 2 heterocycles. The molecule has 0 radical (unpaired) electrons. The molecule has 0 aromatic heterocycles. The van der Waals surface area contributed by atoms with Crippen molar-refractivity contribution in [3.63, 3.8) is 0 Å². The van der Waals surface area contributed by atoms with E-state index in [1.165, 1.54) is 29.8 Å². The van der Waals surface area contributed by atoms with Crippen molar-refractivity contribution in [2.45, 2.75) is 40.0 Å². The molecule has 0 unspecified atom stereocenters. The Hall–Kier alpha value is -3.86. The average molecular weight is 466 g/mol. The van der Waals surface area contributed by atoms with Crippen LogP contribution >= 0.6 is 0 Å². The lowest BCUT2D eigenvalue weighted by Crippen LogP contribution is -2.33. The molecule has 0 atom stereocenters. The van der Waals surface area contributed by atoms with Crippen molar-refractivity contribution in [2.24, 2.45) is 0 Å². The van der Waals surface area contributed by atoms with Crippen LogP contribution in [0.5, 0.6) is 0 Å². The Bertz CT molecular complexity index is 1320. The zero-order valence-electron chi connectivity index (χ0n) is 20.6. The summed E-state index contributed by atoms with van der Waals surface area (Å²) in [5.74, 6) is -0.641. The van der Waals surface area contributed by atoms with Crippen molar-refractivity contribution in [1.29, 1.82) is 0 Å². The van der Waals surface area contributed by atoms with Crippen LogP contribution < -0.4 is 15.1 Å². The Morgan fingerprint density at radius 3 is 2.11 bits per heavy atom. The maximum atomic E-state index is 13.7. The minimum Gasteiger partial charge on any atom is -0.372 e. The van der Waals surface area contributed by atoms with Gasteiger partial charge in [-0.2, -0.15) is 0 Å². The predicted octanol–water partition coefficient (Wildman–Crippen LogP) is 6.00. The van der Waals surface area contributed by atoms with Gasteiger partial charge in [0.1, 0.15) is 5.70 Å². The molecule has 0 spiro atoms. The third kappa shape index (κ3) is 4.34. The van der Waals surface area contributed by atoms with Gasteiger partial charge in [-0.05, 0) is 92.6 Å². The van der Waals surface area contributed by atoms with E-state index in [2.05, 4.69) is 22.3 Å². The van der Waals surface area contributed by atoms with Gasteiger partial charge in [0, 0.05) is 24.5 Å². The molecule has 3 aromatic rings. The zero-order chi connectivity index (χ0) is 24.5. The Labute approximate surface area is 207 Å². The van der Waals surface area contributed by atoms with E-state index in [4.69, 9.17) is 0 Å². The number of carbonyl (C=O) groups excluding carboxylic acids is 2. The first-order valence-electron chi connectivity index (χ1n) is 12.3. The first kappa shape index (κ1) is 22.9. The molecule has 3 aromatic carbocycles. The number of carbonyl (C=O) groups is 2. The summed E-state index contributed by atoms with van der Waals surface area (Å²) < 4.78 is 0. The van der Waals surface area contributed by atoms with Gasteiger partial charge in [0.2, 0.25) is 0 Å². The summed E-state index contributed by atoms with van der Waals surface area (Å²) in [5, 5.41) is 3.30. The van der Waals surface area contributed by atoms with E-state index < -0.39 is 0 Å². The molecule has 178 valence electrons. The molecule has 2 aliphatic heterocycles. The fourth-order valence-electron chi connectivity index (χ4n) is 4.90. The molecule has 0 bridgehead atoms. The molecule has 1 fully saturated rings. The van der Waals surface area contributed by atoms with E-state index in [-0.39, 0.29) is 11.8 Å². The molecular weight excluding hydrogens is 434 g/mol. The van der Waals surface area contributed by atoms with Crippen LogP contribution in [-0.2, 0) is 9.59 Å². The highest BCUT2D eigenvalue weighted by molar-refractivity contribution is 6.46. The molecule has 5 nitrogen and oxygen atoms in total. The van der Waals surface area contributed by atoms with Crippen LogP contribution in [0.25, 0.3) is 5.57 Å². The third-order valence-corrected chi connectivity index (χ3v) is 7.09. The first-order chi connectivity index (χ1) is 16.9. The Balaban J connectivity index is 1.53. The fourth-order valence-corrected chi connectivity index (χ4v) is 4.90. The van der Waals surface area contributed by atoms with Gasteiger partial charge in [0.15, 0.2) is 0 Å². The van der Waals surface area contributed by atoms with Crippen molar-refractivity contribution in [2.75, 3.05) is 28.2 Å². The van der Waals surface area contributed by atoms with Gasteiger partial charge >= 0.3 is 0 Å². The van der Waals surface area contributed by atoms with Gasteiger partial charge in [0.05, 0.1) is 11.3 Å². The highest BCUT2D eigenvalue weighted by Crippen LogP contribution is 2.36. The van der Waals surface area contributed by atoms with Gasteiger partial charge < -0.3 is 10.2 Å². The lowest BCUT2D eigenvalue weighted by Gasteiger charge is -2.28. The normalized spacial score (nSPS) is 16.3. The molecule has 0 saturated carbocycles. The van der Waals surface area contributed by atoms with Crippen molar-refractivity contribution in [3.05, 3.63) is 94.7 Å². The molecular formula is C30H31N3O2. The second kappa shape index (κ2) is 9.41. The second-order valence-electron chi connectivity index (χ2n) is 9.50. The number of amides is 2. The summed E-state index contributed by atoms with van der Waals surface area (Å²) >= 11 is 0. The lowest BCUT2D eigenvalue weighted by molar-refractivity contribution is -0.120. The van der Waals surface area contributed by atoms with E-state index in [9.17, 15) is 9.59 Å². The van der Waals surface area contributed by atoms with Crippen LogP contribution in [0.2, 0.25) is 0 Å². The average Bonchev–Trinajstić information content (AvgIpc) is 3.11. The first-order valence-corrected chi connectivity index (χ1v) is 12.3. The smallest absolute Gasteiger partial charge is 0.282 e. The molecule has 5 rings (SSSR count). The van der Waals surface area contributed by atoms with Gasteiger partial charge in [-0.3, -0.25) is 9.59 Å². The summed E-state index contributed by atoms with van der Waals surface area (Å²) in [7, 11) is 0. The summed E-state index contributed by atoms with van der Waals surface area (Å²) in [6.45, 7) is 8.13. The minimum atomic E-state index is -0.336. The number of hydrogen-bond donors (Lipinski definition) is 1. The maximum Gasteiger partial charge on any atom is 0.282 e. The van der Waals surface area contributed by atoms with Crippen LogP contribution in [0, 0.1) is 20.8 Å². The summed E-state index contributed by atoms with van der Waals surface area (Å²) in [4.78, 5) is 31.1. The van der Waals surface area contributed by atoms with E-state index in [1.807, 2.05) is 75.4 Å². The molecule has 35 heavy (non-hydrogen) atoms. The van der Waals surface area contributed by atoms with Gasteiger partial charge in [-0.15, -0.1) is 0 Å². The number of hydrogen-bond acceptors (Lipinski definition) is 4. The zero-order valence-corrected chi connectivity index (χ0v) is 20.6. The predicted molar refractivity (Wildman–Crippen MR) is 143 cm³/mol. The van der Waals surface area contributed by atoms with Gasteiger partial charge in [0.25, 0.3) is 11.8 Å². The topological polar surface area (TPSA) is 52.7 Å². The van der Waals surface area contributed by atoms with E-state index >= 15 is 0 Å². The quantitative estimate of drug-likeness (QED) is 0.470. The number of anilines is 3. The molecule has 2 aliphatic rings. The Morgan fingerprint density at radius 1 is 0.714 bits per heavy atom. The molecule has 1 N–H and O–H groups in total. The van der Waals surface area contributed by atoms with E-state index in [0.717, 1.165) is 41.0 Å². The number of nitrogens with one attached hydrogen (secondary N) is 1. The summed E-state index contributed by atoms with van der Waals surface area (Å²) in [6, 6.07) is 21.5. The standard InChI is InChI=1S/C30H31N3O2/c1-20-11-12-23(19-22(20)3)27-28(30(35)33(29(27)34)26-10-6-5-9-21(26)2)31-24-13-15-25(16-14-24)32-17-7-4-8-18-32/h5-6,9-16,19,31H,4,7-8,17-18H2,1-3H3. The molecule has 0 aliphatic carbocycles. The number of nitrogens with zero attached hydrogens (tertiary/aromatic N) is 2. The fraction of sp³-hybridized carbons (Fsp3) is 0.267.